The maximum absolute atomic E-state index is 13.1. The van der Waals surface area contributed by atoms with Crippen molar-refractivity contribution in [2.24, 2.45) is 11.8 Å². The molecule has 0 heterocycles. The Bertz CT molecular complexity index is 1890. The highest BCUT2D eigenvalue weighted by atomic mass is 31.2. The van der Waals surface area contributed by atoms with Crippen LogP contribution in [0.3, 0.4) is 0 Å². The highest BCUT2D eigenvalue weighted by molar-refractivity contribution is 7.47. The van der Waals surface area contributed by atoms with Gasteiger partial charge in [0.15, 0.2) is 12.2 Å². The maximum atomic E-state index is 13.1. The van der Waals surface area contributed by atoms with Crippen molar-refractivity contribution < 1.29 is 80.2 Å². The smallest absolute Gasteiger partial charge is 0.462 e. The minimum Gasteiger partial charge on any atom is -0.462 e. The summed E-state index contributed by atoms with van der Waals surface area (Å²) < 4.78 is 68.4. The SMILES string of the molecule is CCCCCCCCCCCCCCCCCC(=O)O[C@H](COC(=O)CCCCCCC)COP(=O)(O)OC[C@H](O)COP(=O)(O)OC[C@@H](COC(=O)CCCCCCCCCCCCCCCC(C)C)OC(=O)CCCCCCCCCCCCCCCCCCCCC(C)CC. The van der Waals surface area contributed by atoms with Gasteiger partial charge in [-0.15, -0.1) is 0 Å². The van der Waals surface area contributed by atoms with E-state index >= 15 is 0 Å². The summed E-state index contributed by atoms with van der Waals surface area (Å²) in [5.74, 6) is -0.460. The molecule has 0 saturated heterocycles. The number of phosphoric acid groups is 2. The Morgan fingerprint density at radius 3 is 0.776 bits per heavy atom. The lowest BCUT2D eigenvalue weighted by Crippen LogP contribution is -2.30. The quantitative estimate of drug-likeness (QED) is 0.0222. The zero-order valence-corrected chi connectivity index (χ0v) is 65.9. The average molecular weight is 1440 g/mol. The molecule has 17 nitrogen and oxygen atoms in total. The topological polar surface area (TPSA) is 237 Å². The molecular formula is C79H154O17P2. The van der Waals surface area contributed by atoms with Crippen LogP contribution in [0.25, 0.3) is 0 Å². The van der Waals surface area contributed by atoms with Gasteiger partial charge in [0.25, 0.3) is 0 Å². The van der Waals surface area contributed by atoms with Gasteiger partial charge >= 0.3 is 39.5 Å². The summed E-state index contributed by atoms with van der Waals surface area (Å²) in [7, 11) is -9.91. The summed E-state index contributed by atoms with van der Waals surface area (Å²) in [6.07, 6.45) is 60.1. The van der Waals surface area contributed by atoms with Gasteiger partial charge in [-0.25, -0.2) is 9.13 Å². The Morgan fingerprint density at radius 2 is 0.520 bits per heavy atom. The molecule has 19 heteroatoms. The number of aliphatic hydroxyl groups is 1. The van der Waals surface area contributed by atoms with Crippen molar-refractivity contribution >= 4 is 39.5 Å². The fraction of sp³-hybridized carbons (Fsp3) is 0.949. The van der Waals surface area contributed by atoms with Crippen molar-refractivity contribution in [3.63, 3.8) is 0 Å². The number of rotatable bonds is 78. The Kier molecular flexibility index (Phi) is 69.3. The van der Waals surface area contributed by atoms with Crippen molar-refractivity contribution in [1.82, 2.24) is 0 Å². The number of unbranched alkanes of at least 4 members (excludes halogenated alkanes) is 47. The van der Waals surface area contributed by atoms with Crippen LogP contribution < -0.4 is 0 Å². The standard InChI is InChI=1S/C79H154O17P2/c1-7-10-12-14-15-16-17-18-23-29-35-40-45-51-57-63-78(83)95-74(67-89-76(81)61-55-47-13-11-8-2)69-93-97(85,86)91-65-73(80)66-92-98(87,88)94-70-75(68-90-77(82)62-56-50-44-39-34-31-26-27-32-37-42-48-53-59-71(4)5)96-79(84)64-58-52-46-41-36-30-25-22-20-19-21-24-28-33-38-43-49-54-60-72(6)9-3/h71-75,80H,7-70H2,1-6H3,(H,85,86)(H,87,88)/t72?,73-,74+,75+/m0/s1. The predicted octanol–water partition coefficient (Wildman–Crippen LogP) is 23.5. The third-order valence-corrected chi connectivity index (χ3v) is 20.7. The molecule has 3 unspecified atom stereocenters. The minimum absolute atomic E-state index is 0.107. The molecule has 98 heavy (non-hydrogen) atoms. The Hall–Kier alpha value is -1.94. The molecule has 0 amide bonds. The molecule has 0 aromatic carbocycles. The van der Waals surface area contributed by atoms with Crippen molar-refractivity contribution in [2.75, 3.05) is 39.6 Å². The van der Waals surface area contributed by atoms with E-state index in [0.29, 0.717) is 25.7 Å². The molecule has 0 aromatic rings. The van der Waals surface area contributed by atoms with Crippen LogP contribution >= 0.6 is 15.6 Å². The van der Waals surface area contributed by atoms with Gasteiger partial charge in [0.1, 0.15) is 19.3 Å². The third kappa shape index (κ3) is 71.1. The van der Waals surface area contributed by atoms with Crippen LogP contribution in [0.15, 0.2) is 0 Å². The van der Waals surface area contributed by atoms with Gasteiger partial charge in [0.05, 0.1) is 26.4 Å². The molecule has 0 aliphatic carbocycles. The largest absolute Gasteiger partial charge is 0.472 e. The number of hydrogen-bond donors (Lipinski definition) is 3. The lowest BCUT2D eigenvalue weighted by molar-refractivity contribution is -0.161. The van der Waals surface area contributed by atoms with Gasteiger partial charge in [-0.05, 0) is 37.5 Å². The molecule has 0 saturated carbocycles. The molecule has 0 fully saturated rings. The van der Waals surface area contributed by atoms with E-state index in [1.54, 1.807) is 0 Å². The lowest BCUT2D eigenvalue weighted by Gasteiger charge is -2.21. The van der Waals surface area contributed by atoms with E-state index in [0.717, 1.165) is 108 Å². The Labute approximate surface area is 600 Å². The number of esters is 4. The van der Waals surface area contributed by atoms with Crippen LogP contribution in [0.5, 0.6) is 0 Å². The van der Waals surface area contributed by atoms with Gasteiger partial charge in [0.2, 0.25) is 0 Å². The van der Waals surface area contributed by atoms with Gasteiger partial charge in [-0.3, -0.25) is 37.3 Å². The van der Waals surface area contributed by atoms with Gasteiger partial charge in [-0.1, -0.05) is 363 Å². The first-order chi connectivity index (χ1) is 47.4. The second kappa shape index (κ2) is 70.7. The fourth-order valence-electron chi connectivity index (χ4n) is 12.2. The molecule has 0 spiro atoms. The van der Waals surface area contributed by atoms with E-state index in [2.05, 4.69) is 41.5 Å². The molecular weight excluding hydrogens is 1280 g/mol. The van der Waals surface area contributed by atoms with E-state index in [4.69, 9.17) is 37.0 Å². The first-order valence-corrected chi connectivity index (χ1v) is 44.0. The molecule has 0 radical (unpaired) electrons. The summed E-state index contributed by atoms with van der Waals surface area (Å²) in [6, 6.07) is 0. The molecule has 582 valence electrons. The Balaban J connectivity index is 5.11. The van der Waals surface area contributed by atoms with Crippen LogP contribution in [0.2, 0.25) is 0 Å². The van der Waals surface area contributed by atoms with Crippen LogP contribution in [0.1, 0.15) is 414 Å². The minimum atomic E-state index is -4.96. The van der Waals surface area contributed by atoms with Crippen molar-refractivity contribution in [3.05, 3.63) is 0 Å². The molecule has 0 bridgehead atoms. The summed E-state index contributed by atoms with van der Waals surface area (Å²) in [4.78, 5) is 72.6. The van der Waals surface area contributed by atoms with E-state index < -0.39 is 97.5 Å². The number of phosphoric ester groups is 2. The first-order valence-electron chi connectivity index (χ1n) is 41.0. The molecule has 0 rings (SSSR count). The second-order valence-corrected chi connectivity index (χ2v) is 32.1. The average Bonchev–Trinajstić information content (AvgIpc) is 1.22. The van der Waals surface area contributed by atoms with E-state index in [1.807, 2.05) is 0 Å². The monoisotopic (exact) mass is 1440 g/mol. The van der Waals surface area contributed by atoms with Gasteiger partial charge in [0, 0.05) is 25.7 Å². The fourth-order valence-corrected chi connectivity index (χ4v) is 13.7. The summed E-state index contributed by atoms with van der Waals surface area (Å²) in [5.41, 5.74) is 0. The van der Waals surface area contributed by atoms with Crippen LogP contribution in [0.4, 0.5) is 0 Å². The van der Waals surface area contributed by atoms with E-state index in [-0.39, 0.29) is 25.7 Å². The highest BCUT2D eigenvalue weighted by Gasteiger charge is 2.30. The lowest BCUT2D eigenvalue weighted by atomic mass is 9.99. The van der Waals surface area contributed by atoms with Gasteiger partial charge in [-0.2, -0.15) is 0 Å². The molecule has 0 aliphatic rings. The zero-order valence-electron chi connectivity index (χ0n) is 64.1. The number of aliphatic hydroxyl groups excluding tert-OH is 1. The normalized spacial score (nSPS) is 14.2. The van der Waals surface area contributed by atoms with Crippen molar-refractivity contribution in [2.45, 2.75) is 432 Å². The van der Waals surface area contributed by atoms with Crippen molar-refractivity contribution in [3.8, 4) is 0 Å². The Morgan fingerprint density at radius 1 is 0.296 bits per heavy atom. The number of carbonyl (C=O) groups is 4. The molecule has 6 atom stereocenters. The van der Waals surface area contributed by atoms with Crippen LogP contribution in [-0.4, -0.2) is 96.7 Å². The summed E-state index contributed by atoms with van der Waals surface area (Å²) >= 11 is 0. The highest BCUT2D eigenvalue weighted by Crippen LogP contribution is 2.45. The van der Waals surface area contributed by atoms with Crippen LogP contribution in [-0.2, 0) is 65.4 Å². The molecule has 3 N–H and O–H groups in total. The summed E-state index contributed by atoms with van der Waals surface area (Å²) in [5, 5.41) is 10.6. The number of carbonyl (C=O) groups excluding carboxylic acids is 4. The molecule has 0 aliphatic heterocycles. The van der Waals surface area contributed by atoms with E-state index in [9.17, 15) is 43.2 Å². The first kappa shape index (κ1) is 96.1. The van der Waals surface area contributed by atoms with Crippen molar-refractivity contribution in [1.29, 1.82) is 0 Å². The zero-order chi connectivity index (χ0) is 72.1. The second-order valence-electron chi connectivity index (χ2n) is 29.2. The summed E-state index contributed by atoms with van der Waals surface area (Å²) in [6.45, 7) is 9.62. The van der Waals surface area contributed by atoms with Crippen LogP contribution in [0, 0.1) is 11.8 Å². The predicted molar refractivity (Wildman–Crippen MR) is 400 cm³/mol. The van der Waals surface area contributed by atoms with Gasteiger partial charge < -0.3 is 33.8 Å². The van der Waals surface area contributed by atoms with E-state index in [1.165, 1.54) is 225 Å². The third-order valence-electron chi connectivity index (χ3n) is 18.8. The number of ether oxygens (including phenoxy) is 4. The maximum Gasteiger partial charge on any atom is 0.472 e. The molecule has 0 aromatic heterocycles. The number of hydrogen-bond acceptors (Lipinski definition) is 15.